The zero-order valence-electron chi connectivity index (χ0n) is 12.2. The molecule has 4 heteroatoms. The van der Waals surface area contributed by atoms with Crippen molar-refractivity contribution in [2.45, 2.75) is 39.8 Å². The van der Waals surface area contributed by atoms with E-state index in [0.717, 1.165) is 12.8 Å². The molecule has 19 heavy (non-hydrogen) atoms. The third-order valence-corrected chi connectivity index (χ3v) is 10.0. The Labute approximate surface area is 142 Å². The Bertz CT molecular complexity index is 325. The van der Waals surface area contributed by atoms with E-state index in [1.807, 2.05) is 24.3 Å². The fourth-order valence-corrected chi connectivity index (χ4v) is 9.55. The van der Waals surface area contributed by atoms with Gasteiger partial charge in [0, 0.05) is 0 Å². The Hall–Kier alpha value is 0.510. The second-order valence-electron chi connectivity index (χ2n) is 4.13. The van der Waals surface area contributed by atoms with E-state index in [2.05, 4.69) is 51.2 Å². The van der Waals surface area contributed by atoms with Gasteiger partial charge in [0.1, 0.15) is 0 Å². The molecule has 2 aliphatic rings. The standard InChI is InChI=1S/2C5H5.C3H6.C2H6Si.2ClH.Zr/c2*1-2-4-5-3-1;2*1-3-2;;;/h2*1-3H,4H2;2*1-2H3;2*1H;/q2*-1;;;;;. The fourth-order valence-electron chi connectivity index (χ4n) is 1.18. The van der Waals surface area contributed by atoms with Gasteiger partial charge in [0.25, 0.3) is 0 Å². The predicted molar refractivity (Wildman–Crippen MR) is 91.5 cm³/mol. The van der Waals surface area contributed by atoms with E-state index in [1.54, 1.807) is 3.21 Å². The Morgan fingerprint density at radius 1 is 0.947 bits per heavy atom. The molecule has 2 rings (SSSR count). The van der Waals surface area contributed by atoms with E-state index in [0.29, 0.717) is 0 Å². The molecule has 0 atom stereocenters. The van der Waals surface area contributed by atoms with Gasteiger partial charge in [-0.1, -0.05) is 0 Å². The normalized spacial score (nSPS) is 12.0. The number of halogens is 2. The van der Waals surface area contributed by atoms with Gasteiger partial charge in [0.2, 0.25) is 0 Å². The van der Waals surface area contributed by atoms with Gasteiger partial charge >= 0.3 is 56.9 Å². The van der Waals surface area contributed by atoms with E-state index in [1.165, 1.54) is 0 Å². The Morgan fingerprint density at radius 2 is 1.37 bits per heavy atom. The van der Waals surface area contributed by atoms with E-state index >= 15 is 0 Å². The maximum absolute atomic E-state index is 2.99. The first-order valence-electron chi connectivity index (χ1n) is 5.93. The summed E-state index contributed by atoms with van der Waals surface area (Å²) in [4.78, 5) is 0. The second-order valence-corrected chi connectivity index (χ2v) is 18.1. The third kappa shape index (κ3) is 24.0. The van der Waals surface area contributed by atoms with Crippen molar-refractivity contribution in [1.29, 1.82) is 0 Å². The summed E-state index contributed by atoms with van der Waals surface area (Å²) in [7, 11) is 0. The molecule has 108 valence electrons. The summed E-state index contributed by atoms with van der Waals surface area (Å²) in [5.41, 5.74) is 0.199. The van der Waals surface area contributed by atoms with Crippen LogP contribution < -0.4 is 0 Å². The molecule has 0 aromatic carbocycles. The summed E-state index contributed by atoms with van der Waals surface area (Å²) in [5.74, 6) is 0. The smallest absolute Gasteiger partial charge is 0.109 e. The van der Waals surface area contributed by atoms with Crippen molar-refractivity contribution in [2.75, 3.05) is 0 Å². The summed E-state index contributed by atoms with van der Waals surface area (Å²) in [6.45, 7) is 9.40. The zero-order valence-corrected chi connectivity index (χ0v) is 17.3. The first kappa shape index (κ1) is 24.5. The number of hydrogen-bond donors (Lipinski definition) is 0. The van der Waals surface area contributed by atoms with E-state index < -0.39 is 0 Å². The van der Waals surface area contributed by atoms with Gasteiger partial charge in [-0.05, 0) is 0 Å². The van der Waals surface area contributed by atoms with Crippen LogP contribution in [-0.2, 0) is 21.4 Å². The summed E-state index contributed by atoms with van der Waals surface area (Å²) in [6, 6.07) is 0. The maximum Gasteiger partial charge on any atom is -0.109 e. The second kappa shape index (κ2) is 18.5. The maximum atomic E-state index is 2.99. The van der Waals surface area contributed by atoms with Crippen molar-refractivity contribution in [3.8, 4) is 0 Å². The summed E-state index contributed by atoms with van der Waals surface area (Å²) >= 11 is 0.0574. The van der Waals surface area contributed by atoms with Gasteiger partial charge in [-0.25, -0.2) is 24.3 Å². The Morgan fingerprint density at radius 3 is 1.42 bits per heavy atom. The van der Waals surface area contributed by atoms with Crippen LogP contribution in [0.25, 0.3) is 0 Å². The van der Waals surface area contributed by atoms with Crippen LogP contribution in [0.2, 0.25) is 13.1 Å². The van der Waals surface area contributed by atoms with Crippen molar-refractivity contribution in [1.82, 2.24) is 0 Å². The quantitative estimate of drug-likeness (QED) is 0.401. The average molecular weight is 395 g/mol. The zero-order chi connectivity index (χ0) is 12.9. The van der Waals surface area contributed by atoms with Crippen molar-refractivity contribution >= 4 is 33.5 Å². The van der Waals surface area contributed by atoms with Crippen LogP contribution in [0.4, 0.5) is 0 Å². The summed E-state index contributed by atoms with van der Waals surface area (Å²) < 4.78 is 1.75. The molecule has 0 aliphatic heterocycles. The molecular formula is C15H24Cl2SiZr-2. The van der Waals surface area contributed by atoms with Crippen molar-refractivity contribution < 1.29 is 21.4 Å². The average Bonchev–Trinajstić information content (AvgIpc) is 2.96. The first-order valence-corrected chi connectivity index (χ1v) is 13.4. The molecule has 0 heterocycles. The first-order chi connectivity index (χ1) is 8.13. The molecule has 0 amide bonds. The van der Waals surface area contributed by atoms with Crippen molar-refractivity contribution in [2.24, 2.45) is 0 Å². The minimum Gasteiger partial charge on any atom is -0.273 e. The fraction of sp³-hybridized carbons (Fsp3) is 0.400. The van der Waals surface area contributed by atoms with Gasteiger partial charge in [0.15, 0.2) is 0 Å². The van der Waals surface area contributed by atoms with E-state index in [-0.39, 0.29) is 51.6 Å². The third-order valence-electron chi connectivity index (χ3n) is 1.67. The Balaban J connectivity index is -0.000000194. The largest absolute Gasteiger partial charge is 0.273 e. The van der Waals surface area contributed by atoms with Gasteiger partial charge in [-0.3, -0.25) is 12.2 Å². The molecule has 0 aromatic heterocycles. The molecule has 0 nitrogen and oxygen atoms in total. The van der Waals surface area contributed by atoms with Crippen LogP contribution in [0.15, 0.2) is 36.5 Å². The Kier molecular flexibility index (Phi) is 23.9. The molecular weight excluding hydrogens is 370 g/mol. The van der Waals surface area contributed by atoms with Gasteiger partial charge in [-0.15, -0.1) is 37.7 Å². The van der Waals surface area contributed by atoms with Crippen LogP contribution in [0.1, 0.15) is 26.7 Å². The molecule has 0 bridgehead atoms. The molecule has 0 fully saturated rings. The predicted octanol–water partition coefficient (Wildman–Crippen LogP) is 4.99. The van der Waals surface area contributed by atoms with Crippen LogP contribution in [0.5, 0.6) is 0 Å². The molecule has 0 saturated heterocycles. The molecule has 0 saturated carbocycles. The number of rotatable bonds is 0. The van der Waals surface area contributed by atoms with Crippen LogP contribution in [-0.4, -0.2) is 8.64 Å². The van der Waals surface area contributed by atoms with E-state index in [4.69, 9.17) is 0 Å². The molecule has 0 spiro atoms. The van der Waals surface area contributed by atoms with Crippen molar-refractivity contribution in [3.63, 3.8) is 0 Å². The minimum absolute atomic E-state index is 0. The summed E-state index contributed by atoms with van der Waals surface area (Å²) in [6.07, 6.45) is 20.0. The van der Waals surface area contributed by atoms with Gasteiger partial charge < -0.3 is 0 Å². The van der Waals surface area contributed by atoms with Gasteiger partial charge in [0.05, 0.1) is 0 Å². The molecule has 2 aliphatic carbocycles. The van der Waals surface area contributed by atoms with E-state index in [9.17, 15) is 0 Å². The molecule has 0 radical (unpaired) electrons. The summed E-state index contributed by atoms with van der Waals surface area (Å²) in [5, 5.41) is 0. The van der Waals surface area contributed by atoms with Crippen LogP contribution in [0.3, 0.4) is 0 Å². The van der Waals surface area contributed by atoms with Crippen LogP contribution in [0, 0.1) is 12.2 Å². The topological polar surface area (TPSA) is 0 Å². The van der Waals surface area contributed by atoms with Gasteiger partial charge in [-0.2, -0.15) is 12.2 Å². The number of hydrogen-bond acceptors (Lipinski definition) is 0. The molecule has 0 unspecified atom stereocenters. The molecule has 0 aromatic rings. The van der Waals surface area contributed by atoms with Crippen molar-refractivity contribution in [3.05, 3.63) is 48.6 Å². The SMILES string of the molecule is C[C](C)=[Zr]=[Si](C)C.Cl.Cl.[C-]1=CC=CC1.[C-]1=CC=CC1. The monoisotopic (exact) mass is 392 g/mol. The number of allylic oxidation sites excluding steroid dienone is 8. The molecule has 0 N–H and O–H groups in total. The minimum atomic E-state index is 0. The van der Waals surface area contributed by atoms with Crippen LogP contribution >= 0.6 is 24.8 Å².